The van der Waals surface area contributed by atoms with Crippen molar-refractivity contribution in [1.82, 2.24) is 0 Å². The van der Waals surface area contributed by atoms with Crippen LogP contribution in [0.5, 0.6) is 0 Å². The van der Waals surface area contributed by atoms with Crippen LogP contribution in [0.15, 0.2) is 59.1 Å². The molecule has 31 heavy (non-hydrogen) atoms. The monoisotopic (exact) mass is 576 g/mol. The van der Waals surface area contributed by atoms with Crippen LogP contribution >= 0.6 is 15.9 Å². The fourth-order valence-electron chi connectivity index (χ4n) is 2.21. The van der Waals surface area contributed by atoms with Crippen LogP contribution in [0.2, 0.25) is 0 Å². The summed E-state index contributed by atoms with van der Waals surface area (Å²) in [4.78, 5) is 10.5. The fraction of sp³-hybridized carbons (Fsp3) is 0.316. The maximum atomic E-state index is 13.3. The topological polar surface area (TPSA) is 83.5 Å². The number of benzene rings is 2. The molecule has 2 aromatic carbocycles. The Hall–Kier alpha value is -1.46. The van der Waals surface area contributed by atoms with E-state index in [-0.39, 0.29) is 28.8 Å². The van der Waals surface area contributed by atoms with Gasteiger partial charge in [0, 0.05) is 16.4 Å². The zero-order valence-electron chi connectivity index (χ0n) is 15.9. The number of carbonyl (C=O) groups excluding carboxylic acids is 1. The maximum Gasteiger partial charge on any atom is 1.00 e. The Morgan fingerprint density at radius 2 is 1.65 bits per heavy atom. The van der Waals surface area contributed by atoms with E-state index in [4.69, 9.17) is 0 Å². The second-order valence-electron chi connectivity index (χ2n) is 5.89. The van der Waals surface area contributed by atoms with Gasteiger partial charge in [-0.05, 0) is 37.0 Å². The molecular weight excluding hydrogens is 560 g/mol. The number of halogens is 5. The Kier molecular flexibility index (Phi) is 12.5. The van der Waals surface area contributed by atoms with Crippen LogP contribution in [0, 0.1) is 11.7 Å². The molecule has 0 aromatic heterocycles. The van der Waals surface area contributed by atoms with Gasteiger partial charge in [-0.25, -0.2) is 4.39 Å². The van der Waals surface area contributed by atoms with Gasteiger partial charge in [0.25, 0.3) is 0 Å². The van der Waals surface area contributed by atoms with E-state index < -0.39 is 34.1 Å². The van der Waals surface area contributed by atoms with Gasteiger partial charge in [0.2, 0.25) is 0 Å². The van der Waals surface area contributed by atoms with Crippen LogP contribution in [-0.4, -0.2) is 26.5 Å². The van der Waals surface area contributed by atoms with Gasteiger partial charge in [-0.3, -0.25) is 4.18 Å². The van der Waals surface area contributed by atoms with Crippen LogP contribution in [0.4, 0.5) is 17.6 Å². The van der Waals surface area contributed by atoms with E-state index in [0.717, 1.165) is 6.92 Å². The van der Waals surface area contributed by atoms with Crippen molar-refractivity contribution in [3.05, 3.63) is 70.5 Å². The van der Waals surface area contributed by atoms with Gasteiger partial charge < -0.3 is 9.90 Å². The van der Waals surface area contributed by atoms with Crippen LogP contribution in [0.3, 0.4) is 0 Å². The molecule has 0 spiro atoms. The maximum absolute atomic E-state index is 13.3. The van der Waals surface area contributed by atoms with Crippen LogP contribution in [0.1, 0.15) is 24.8 Å². The number of carboxylic acids is 1. The molecule has 0 saturated heterocycles. The standard InChI is InChI=1S/C10H8BrFO2.C6H6.C3H5F3O3S.Cu/c11-5-1-2-6(9(12)3-5)7-4-8(7)10(13)14;1-2-4-6-5-3-1;1-2-9-10(7,8)3(4,5)6;/h1-3,7-8H,4H2,(H,13,14);1-6H;2H2,1H3;/q;;;+1/p-1. The summed E-state index contributed by atoms with van der Waals surface area (Å²) < 4.78 is 71.2. The molecule has 2 atom stereocenters. The molecule has 1 aliphatic rings. The van der Waals surface area contributed by atoms with Crippen molar-refractivity contribution in [2.75, 3.05) is 6.61 Å². The average molecular weight is 578 g/mol. The zero-order valence-corrected chi connectivity index (χ0v) is 19.3. The molecule has 3 rings (SSSR count). The van der Waals surface area contributed by atoms with E-state index in [1.165, 1.54) is 6.07 Å². The fourth-order valence-corrected chi connectivity index (χ4v) is 2.99. The van der Waals surface area contributed by atoms with Crippen molar-refractivity contribution in [3.8, 4) is 0 Å². The molecular formula is C19H18BrCuF4O5S. The Labute approximate surface area is 196 Å². The molecule has 12 heteroatoms. The largest absolute Gasteiger partial charge is 1.00 e. The Balaban J connectivity index is 0.000000465. The van der Waals surface area contributed by atoms with E-state index in [9.17, 15) is 35.9 Å². The summed E-state index contributed by atoms with van der Waals surface area (Å²) >= 11 is 3.14. The third-order valence-corrected chi connectivity index (χ3v) is 5.28. The molecule has 0 bridgehead atoms. The summed E-state index contributed by atoms with van der Waals surface area (Å²) in [5.41, 5.74) is -4.83. The van der Waals surface area contributed by atoms with Crippen LogP contribution in [-0.2, 0) is 36.2 Å². The molecule has 2 unspecified atom stereocenters. The summed E-state index contributed by atoms with van der Waals surface area (Å²) in [6.45, 7) is 0.644. The molecule has 2 aromatic rings. The van der Waals surface area contributed by atoms with E-state index in [0.29, 0.717) is 16.5 Å². The summed E-state index contributed by atoms with van der Waals surface area (Å²) in [6.07, 6.45) is 0.487. The van der Waals surface area contributed by atoms with Crippen molar-refractivity contribution >= 4 is 32.0 Å². The molecule has 1 aliphatic carbocycles. The molecule has 1 saturated carbocycles. The Morgan fingerprint density at radius 3 is 1.94 bits per heavy atom. The first kappa shape index (κ1) is 29.5. The molecule has 0 radical (unpaired) electrons. The van der Waals surface area contributed by atoms with E-state index in [2.05, 4.69) is 20.1 Å². The Morgan fingerprint density at radius 1 is 1.16 bits per heavy atom. The molecule has 0 N–H and O–H groups in total. The number of carboxylic acid groups (broad SMARTS) is 1. The number of alkyl halides is 3. The zero-order chi connectivity index (χ0) is 22.9. The molecule has 5 nitrogen and oxygen atoms in total. The number of hydrogen-bond donors (Lipinski definition) is 0. The molecule has 0 heterocycles. The number of rotatable bonds is 4. The van der Waals surface area contributed by atoms with Gasteiger partial charge in [0.05, 0.1) is 6.61 Å². The minimum Gasteiger partial charge on any atom is -0.550 e. The molecule has 0 amide bonds. The summed E-state index contributed by atoms with van der Waals surface area (Å²) in [6, 6.07) is 16.7. The number of carbonyl (C=O) groups is 1. The quantitative estimate of drug-likeness (QED) is 0.237. The molecule has 176 valence electrons. The van der Waals surface area contributed by atoms with Gasteiger partial charge in [-0.1, -0.05) is 58.4 Å². The van der Waals surface area contributed by atoms with Gasteiger partial charge in [0.1, 0.15) is 5.82 Å². The van der Waals surface area contributed by atoms with Crippen molar-refractivity contribution in [3.63, 3.8) is 0 Å². The number of hydrogen-bond acceptors (Lipinski definition) is 5. The third kappa shape index (κ3) is 10.1. The predicted molar refractivity (Wildman–Crippen MR) is 103 cm³/mol. The van der Waals surface area contributed by atoms with Crippen molar-refractivity contribution < 1.29 is 57.1 Å². The van der Waals surface area contributed by atoms with E-state index in [1.54, 1.807) is 12.1 Å². The van der Waals surface area contributed by atoms with Gasteiger partial charge in [-0.15, -0.1) is 0 Å². The van der Waals surface area contributed by atoms with Crippen molar-refractivity contribution in [2.45, 2.75) is 24.8 Å². The van der Waals surface area contributed by atoms with Crippen molar-refractivity contribution in [1.29, 1.82) is 0 Å². The van der Waals surface area contributed by atoms with E-state index >= 15 is 0 Å². The second-order valence-corrected chi connectivity index (χ2v) is 8.42. The summed E-state index contributed by atoms with van der Waals surface area (Å²) in [5.74, 6) is -2.15. The van der Waals surface area contributed by atoms with Gasteiger partial charge >= 0.3 is 32.7 Å². The molecule has 0 aliphatic heterocycles. The van der Waals surface area contributed by atoms with Crippen LogP contribution < -0.4 is 5.11 Å². The first-order valence-corrected chi connectivity index (χ1v) is 10.7. The van der Waals surface area contributed by atoms with E-state index in [1.807, 2.05) is 36.4 Å². The van der Waals surface area contributed by atoms with Gasteiger partial charge in [0.15, 0.2) is 0 Å². The van der Waals surface area contributed by atoms with Crippen LogP contribution in [0.25, 0.3) is 0 Å². The summed E-state index contributed by atoms with van der Waals surface area (Å²) in [5, 5.41) is 10.5. The van der Waals surface area contributed by atoms with Crippen molar-refractivity contribution in [2.24, 2.45) is 5.92 Å². The SMILES string of the molecule is CCOS(=O)(=O)C(F)(F)F.O=C([O-])C1CC1c1ccc(Br)cc1F.[Cu+].c1ccccc1. The summed E-state index contributed by atoms with van der Waals surface area (Å²) in [7, 11) is -5.35. The smallest absolute Gasteiger partial charge is 0.550 e. The average Bonchev–Trinajstić information content (AvgIpc) is 3.44. The number of aliphatic carboxylic acids is 1. The first-order valence-electron chi connectivity index (χ1n) is 8.52. The minimum atomic E-state index is -5.35. The predicted octanol–water partition coefficient (Wildman–Crippen LogP) is 4.00. The third-order valence-electron chi connectivity index (χ3n) is 3.68. The molecule has 1 fully saturated rings. The van der Waals surface area contributed by atoms with Gasteiger partial charge in [-0.2, -0.15) is 21.6 Å². The first-order chi connectivity index (χ1) is 13.9. The Bertz CT molecular complexity index is 900. The minimum absolute atomic E-state index is 0. The second kappa shape index (κ2) is 13.2. The normalized spacial score (nSPS) is 17.1.